The van der Waals surface area contributed by atoms with E-state index in [-0.39, 0.29) is 5.52 Å². The maximum absolute atomic E-state index is 12.9. The van der Waals surface area contributed by atoms with Gasteiger partial charge in [-0.15, -0.1) is 0 Å². The summed E-state index contributed by atoms with van der Waals surface area (Å²) in [6, 6.07) is 4.42. The third-order valence-corrected chi connectivity index (χ3v) is 4.09. The van der Waals surface area contributed by atoms with Gasteiger partial charge in [0.1, 0.15) is 0 Å². The minimum atomic E-state index is -4.30. The van der Waals surface area contributed by atoms with Gasteiger partial charge in [-0.25, -0.2) is 0 Å². The number of H-pyrrole nitrogens is 1. The van der Waals surface area contributed by atoms with Gasteiger partial charge in [0.25, 0.3) is 0 Å². The number of fused-ring (bicyclic) bond motifs is 1. The summed E-state index contributed by atoms with van der Waals surface area (Å²) in [5.41, 5.74) is 0.679. The van der Waals surface area contributed by atoms with Crippen LogP contribution in [-0.4, -0.2) is 4.98 Å². The van der Waals surface area contributed by atoms with Gasteiger partial charge in [0.15, 0.2) is 0 Å². The first kappa shape index (κ1) is 12.6. The lowest BCUT2D eigenvalue weighted by atomic mass is 9.97. The highest BCUT2D eigenvalue weighted by atomic mass is 19.4. The molecule has 0 unspecified atom stereocenters. The van der Waals surface area contributed by atoms with Crippen LogP contribution in [0.3, 0.4) is 0 Å². The van der Waals surface area contributed by atoms with Crippen molar-refractivity contribution >= 4 is 10.9 Å². The lowest BCUT2D eigenvalue weighted by Crippen LogP contribution is -2.05. The van der Waals surface area contributed by atoms with Crippen molar-refractivity contribution in [2.75, 3.05) is 0 Å². The number of aromatic nitrogens is 1. The van der Waals surface area contributed by atoms with E-state index in [9.17, 15) is 13.2 Å². The third-order valence-electron chi connectivity index (χ3n) is 4.09. The maximum atomic E-state index is 12.9. The predicted octanol–water partition coefficient (Wildman–Crippen LogP) is 4.92. The molecule has 1 aliphatic rings. The summed E-state index contributed by atoms with van der Waals surface area (Å²) in [6.07, 6.45) is 3.24. The minimum absolute atomic E-state index is 0.225. The summed E-state index contributed by atoms with van der Waals surface area (Å²) in [5.74, 6) is 0.633. The molecule has 0 amide bonds. The number of benzene rings is 1. The second-order valence-corrected chi connectivity index (χ2v) is 5.39. The average molecular weight is 267 g/mol. The maximum Gasteiger partial charge on any atom is 0.418 e. The molecule has 4 heteroatoms. The molecule has 1 aromatic carbocycles. The van der Waals surface area contributed by atoms with Crippen LogP contribution in [0.1, 0.15) is 36.8 Å². The van der Waals surface area contributed by atoms with Gasteiger partial charge >= 0.3 is 6.18 Å². The summed E-state index contributed by atoms with van der Waals surface area (Å²) in [7, 11) is 0. The van der Waals surface area contributed by atoms with Gasteiger partial charge in [-0.3, -0.25) is 0 Å². The third kappa shape index (κ3) is 2.36. The summed E-state index contributed by atoms with van der Waals surface area (Å²) in [4.78, 5) is 2.82. The fraction of sp³-hybridized carbons (Fsp3) is 0.467. The van der Waals surface area contributed by atoms with Gasteiger partial charge in [0.2, 0.25) is 0 Å². The van der Waals surface area contributed by atoms with Crippen molar-refractivity contribution in [3.8, 4) is 0 Å². The zero-order valence-electron chi connectivity index (χ0n) is 10.6. The molecule has 0 aliphatic heterocycles. The SMILES string of the molecule is FC(F)(F)c1cccc2c(CC3CCCC3)c[nH]c12. The molecule has 1 heterocycles. The summed E-state index contributed by atoms with van der Waals surface area (Å²) in [6.45, 7) is 0. The van der Waals surface area contributed by atoms with Gasteiger partial charge < -0.3 is 4.98 Å². The highest BCUT2D eigenvalue weighted by Gasteiger charge is 2.33. The Bertz CT molecular complexity index is 577. The quantitative estimate of drug-likeness (QED) is 0.795. The van der Waals surface area contributed by atoms with E-state index < -0.39 is 11.7 Å². The molecule has 0 saturated heterocycles. The molecule has 3 rings (SSSR count). The highest BCUT2D eigenvalue weighted by molar-refractivity contribution is 5.86. The monoisotopic (exact) mass is 267 g/mol. The van der Waals surface area contributed by atoms with Gasteiger partial charge in [-0.2, -0.15) is 13.2 Å². The van der Waals surface area contributed by atoms with Crippen LogP contribution in [-0.2, 0) is 12.6 Å². The van der Waals surface area contributed by atoms with Gasteiger partial charge in [0, 0.05) is 11.6 Å². The van der Waals surface area contributed by atoms with Gasteiger partial charge in [0.05, 0.1) is 11.1 Å². The molecule has 1 fully saturated rings. The van der Waals surface area contributed by atoms with E-state index in [0.29, 0.717) is 5.92 Å². The second-order valence-electron chi connectivity index (χ2n) is 5.39. The van der Waals surface area contributed by atoms with E-state index >= 15 is 0 Å². The molecule has 19 heavy (non-hydrogen) atoms. The van der Waals surface area contributed by atoms with Crippen molar-refractivity contribution < 1.29 is 13.2 Å². The van der Waals surface area contributed by atoms with E-state index in [0.717, 1.165) is 23.4 Å². The van der Waals surface area contributed by atoms with E-state index in [4.69, 9.17) is 0 Å². The molecule has 0 atom stereocenters. The Balaban J connectivity index is 1.99. The number of hydrogen-bond acceptors (Lipinski definition) is 0. The Morgan fingerprint density at radius 1 is 1.16 bits per heavy atom. The predicted molar refractivity (Wildman–Crippen MR) is 69.0 cm³/mol. The molecular weight excluding hydrogens is 251 g/mol. The van der Waals surface area contributed by atoms with Crippen molar-refractivity contribution in [3.05, 3.63) is 35.5 Å². The van der Waals surface area contributed by atoms with Crippen molar-refractivity contribution in [2.24, 2.45) is 5.92 Å². The molecule has 1 aliphatic carbocycles. The molecular formula is C15H16F3N. The molecule has 102 valence electrons. The average Bonchev–Trinajstić information content (AvgIpc) is 2.98. The van der Waals surface area contributed by atoms with E-state index in [1.807, 2.05) is 0 Å². The molecule has 2 aromatic rings. The van der Waals surface area contributed by atoms with Crippen LogP contribution in [0.15, 0.2) is 24.4 Å². The number of aromatic amines is 1. The molecule has 1 aromatic heterocycles. The van der Waals surface area contributed by atoms with E-state index in [1.54, 1.807) is 12.3 Å². The van der Waals surface area contributed by atoms with Gasteiger partial charge in [-0.05, 0) is 24.0 Å². The van der Waals surface area contributed by atoms with Crippen LogP contribution < -0.4 is 0 Å². The Morgan fingerprint density at radius 2 is 1.89 bits per heavy atom. The summed E-state index contributed by atoms with van der Waals surface area (Å²) >= 11 is 0. The molecule has 0 radical (unpaired) electrons. The first-order valence-electron chi connectivity index (χ1n) is 6.72. The number of halogens is 3. The lowest BCUT2D eigenvalue weighted by Gasteiger charge is -2.09. The van der Waals surface area contributed by atoms with Gasteiger partial charge in [-0.1, -0.05) is 37.8 Å². The molecule has 1 saturated carbocycles. The number of para-hydroxylation sites is 1. The van der Waals surface area contributed by atoms with Crippen molar-refractivity contribution in [1.29, 1.82) is 0 Å². The van der Waals surface area contributed by atoms with Crippen molar-refractivity contribution in [1.82, 2.24) is 4.98 Å². The minimum Gasteiger partial charge on any atom is -0.360 e. The number of alkyl halides is 3. The number of rotatable bonds is 2. The van der Waals surface area contributed by atoms with Crippen LogP contribution in [0.4, 0.5) is 13.2 Å². The zero-order chi connectivity index (χ0) is 13.5. The topological polar surface area (TPSA) is 15.8 Å². The Morgan fingerprint density at radius 3 is 2.58 bits per heavy atom. The first-order valence-corrected chi connectivity index (χ1v) is 6.72. The van der Waals surface area contributed by atoms with Crippen LogP contribution in [0.5, 0.6) is 0 Å². The normalized spacial score (nSPS) is 17.4. The van der Waals surface area contributed by atoms with Crippen LogP contribution in [0.2, 0.25) is 0 Å². The first-order chi connectivity index (χ1) is 9.05. The standard InChI is InChI=1S/C15H16F3N/c16-15(17,18)13-7-3-6-12-11(9-19-14(12)13)8-10-4-1-2-5-10/h3,6-7,9-10,19H,1-2,4-5,8H2. The Hall–Kier alpha value is -1.45. The molecule has 1 N–H and O–H groups in total. The van der Waals surface area contributed by atoms with Crippen LogP contribution >= 0.6 is 0 Å². The molecule has 0 bridgehead atoms. The fourth-order valence-corrected chi connectivity index (χ4v) is 3.14. The van der Waals surface area contributed by atoms with Crippen LogP contribution in [0, 0.1) is 5.92 Å². The number of nitrogens with one attached hydrogen (secondary N) is 1. The molecule has 1 nitrogen and oxygen atoms in total. The molecule has 0 spiro atoms. The zero-order valence-corrected chi connectivity index (χ0v) is 10.6. The fourth-order valence-electron chi connectivity index (χ4n) is 3.14. The summed E-state index contributed by atoms with van der Waals surface area (Å²) in [5, 5.41) is 0.724. The van der Waals surface area contributed by atoms with E-state index in [2.05, 4.69) is 4.98 Å². The van der Waals surface area contributed by atoms with Crippen molar-refractivity contribution in [2.45, 2.75) is 38.3 Å². The Kier molecular flexibility index (Phi) is 3.03. The van der Waals surface area contributed by atoms with Crippen LogP contribution in [0.25, 0.3) is 10.9 Å². The second kappa shape index (κ2) is 4.58. The number of hydrogen-bond donors (Lipinski definition) is 1. The largest absolute Gasteiger partial charge is 0.418 e. The highest BCUT2D eigenvalue weighted by Crippen LogP contribution is 2.36. The van der Waals surface area contributed by atoms with Crippen molar-refractivity contribution in [3.63, 3.8) is 0 Å². The Labute approximate surface area is 109 Å². The summed E-state index contributed by atoms with van der Waals surface area (Å²) < 4.78 is 38.7. The smallest absolute Gasteiger partial charge is 0.360 e. The lowest BCUT2D eigenvalue weighted by molar-refractivity contribution is -0.136. The van der Waals surface area contributed by atoms with E-state index in [1.165, 1.54) is 31.7 Å².